The minimum atomic E-state index is -0.808. The van der Waals surface area contributed by atoms with Crippen molar-refractivity contribution in [1.82, 2.24) is 10.5 Å². The number of aryl methyl sites for hydroxylation is 1. The van der Waals surface area contributed by atoms with E-state index in [4.69, 9.17) is 16.1 Å². The summed E-state index contributed by atoms with van der Waals surface area (Å²) in [6.07, 6.45) is -0.808. The standard InChI is InChI=1S/C13H14ClN3O3/c1-8-6-12(17-20-8)16-13(19)15-7-11(18)9-2-4-10(14)5-3-9/h2-6,11,18H,7H2,1H3,(H2,15,16,17,19). The number of aromatic nitrogens is 1. The quantitative estimate of drug-likeness (QED) is 0.808. The van der Waals surface area contributed by atoms with Crippen molar-refractivity contribution >= 4 is 23.4 Å². The highest BCUT2D eigenvalue weighted by Gasteiger charge is 2.10. The lowest BCUT2D eigenvalue weighted by atomic mass is 10.1. The molecule has 0 radical (unpaired) electrons. The first-order chi connectivity index (χ1) is 9.54. The van der Waals surface area contributed by atoms with Gasteiger partial charge in [0, 0.05) is 17.6 Å². The molecule has 0 spiro atoms. The highest BCUT2D eigenvalue weighted by atomic mass is 35.5. The van der Waals surface area contributed by atoms with Crippen LogP contribution in [0.2, 0.25) is 5.02 Å². The van der Waals surface area contributed by atoms with Gasteiger partial charge >= 0.3 is 6.03 Å². The number of aliphatic hydroxyl groups excluding tert-OH is 1. The van der Waals surface area contributed by atoms with Gasteiger partial charge in [-0.1, -0.05) is 28.9 Å². The number of nitrogens with zero attached hydrogens (tertiary/aromatic N) is 1. The highest BCUT2D eigenvalue weighted by molar-refractivity contribution is 6.30. The molecule has 0 aliphatic rings. The van der Waals surface area contributed by atoms with Crippen LogP contribution in [-0.4, -0.2) is 22.8 Å². The molecule has 2 rings (SSSR count). The number of urea groups is 1. The largest absolute Gasteiger partial charge is 0.387 e. The molecule has 6 nitrogen and oxygen atoms in total. The van der Waals surface area contributed by atoms with Crippen LogP contribution in [0.15, 0.2) is 34.9 Å². The fourth-order valence-corrected chi connectivity index (χ4v) is 1.70. The van der Waals surface area contributed by atoms with Crippen LogP contribution in [-0.2, 0) is 0 Å². The van der Waals surface area contributed by atoms with Gasteiger partial charge in [0.25, 0.3) is 0 Å². The topological polar surface area (TPSA) is 87.4 Å². The average molecular weight is 296 g/mol. The maximum Gasteiger partial charge on any atom is 0.320 e. The van der Waals surface area contributed by atoms with E-state index in [1.54, 1.807) is 37.3 Å². The van der Waals surface area contributed by atoms with Gasteiger partial charge in [-0.05, 0) is 24.6 Å². The predicted octanol–water partition coefficient (Wildman–Crippen LogP) is 2.49. The first-order valence-electron chi connectivity index (χ1n) is 5.96. The van der Waals surface area contributed by atoms with E-state index in [0.29, 0.717) is 22.2 Å². The van der Waals surface area contributed by atoms with Crippen LogP contribution in [0, 0.1) is 6.92 Å². The second-order valence-corrected chi connectivity index (χ2v) is 4.66. The monoisotopic (exact) mass is 295 g/mol. The Labute approximate surface area is 120 Å². The van der Waals surface area contributed by atoms with Crippen LogP contribution in [0.25, 0.3) is 0 Å². The van der Waals surface area contributed by atoms with Crippen LogP contribution in [0.4, 0.5) is 10.6 Å². The number of nitrogens with one attached hydrogen (secondary N) is 2. The molecular weight excluding hydrogens is 282 g/mol. The summed E-state index contributed by atoms with van der Waals surface area (Å²) >= 11 is 5.76. The zero-order valence-corrected chi connectivity index (χ0v) is 11.5. The van der Waals surface area contributed by atoms with Crippen molar-refractivity contribution in [3.8, 4) is 0 Å². The van der Waals surface area contributed by atoms with Crippen molar-refractivity contribution in [3.63, 3.8) is 0 Å². The van der Waals surface area contributed by atoms with E-state index in [1.165, 1.54) is 0 Å². The van der Waals surface area contributed by atoms with Gasteiger partial charge in [0.05, 0.1) is 6.10 Å². The number of aliphatic hydroxyl groups is 1. The Balaban J connectivity index is 1.82. The maximum atomic E-state index is 11.6. The molecule has 106 valence electrons. The summed E-state index contributed by atoms with van der Waals surface area (Å²) in [5.74, 6) is 0.919. The number of amides is 2. The second kappa shape index (κ2) is 6.40. The summed E-state index contributed by atoms with van der Waals surface area (Å²) < 4.78 is 4.82. The number of benzene rings is 1. The van der Waals surface area contributed by atoms with Gasteiger partial charge in [-0.25, -0.2) is 4.79 Å². The third-order valence-electron chi connectivity index (χ3n) is 2.58. The van der Waals surface area contributed by atoms with E-state index >= 15 is 0 Å². The predicted molar refractivity (Wildman–Crippen MR) is 74.7 cm³/mol. The zero-order chi connectivity index (χ0) is 14.5. The summed E-state index contributed by atoms with van der Waals surface area (Å²) in [5, 5.41) is 19.2. The van der Waals surface area contributed by atoms with Gasteiger partial charge in [-0.3, -0.25) is 5.32 Å². The Morgan fingerprint density at radius 2 is 2.15 bits per heavy atom. The average Bonchev–Trinajstić information content (AvgIpc) is 2.82. The molecule has 1 aromatic heterocycles. The van der Waals surface area contributed by atoms with Crippen molar-refractivity contribution < 1.29 is 14.4 Å². The van der Waals surface area contributed by atoms with Gasteiger partial charge in [0.2, 0.25) is 0 Å². The van der Waals surface area contributed by atoms with Crippen LogP contribution >= 0.6 is 11.6 Å². The van der Waals surface area contributed by atoms with Crippen LogP contribution in [0.1, 0.15) is 17.4 Å². The molecule has 1 heterocycles. The van der Waals surface area contributed by atoms with Crippen LogP contribution < -0.4 is 10.6 Å². The smallest absolute Gasteiger partial charge is 0.320 e. The van der Waals surface area contributed by atoms with Crippen molar-refractivity contribution in [1.29, 1.82) is 0 Å². The number of halogens is 1. The van der Waals surface area contributed by atoms with E-state index in [2.05, 4.69) is 15.8 Å². The molecule has 1 atom stereocenters. The lowest BCUT2D eigenvalue weighted by Gasteiger charge is -2.12. The molecule has 2 aromatic rings. The van der Waals surface area contributed by atoms with Crippen molar-refractivity contribution in [2.75, 3.05) is 11.9 Å². The van der Waals surface area contributed by atoms with E-state index < -0.39 is 12.1 Å². The molecular formula is C13H14ClN3O3. The Kier molecular flexibility index (Phi) is 4.60. The first-order valence-corrected chi connectivity index (χ1v) is 6.34. The molecule has 20 heavy (non-hydrogen) atoms. The van der Waals surface area contributed by atoms with E-state index in [9.17, 15) is 9.90 Å². The number of hydrogen-bond donors (Lipinski definition) is 3. The molecule has 7 heteroatoms. The first kappa shape index (κ1) is 14.4. The van der Waals surface area contributed by atoms with Gasteiger partial charge in [0.15, 0.2) is 5.82 Å². The molecule has 1 aromatic carbocycles. The Hall–Kier alpha value is -2.05. The fourth-order valence-electron chi connectivity index (χ4n) is 1.58. The summed E-state index contributed by atoms with van der Waals surface area (Å²) in [7, 11) is 0. The molecule has 0 aliphatic heterocycles. The molecule has 0 saturated heterocycles. The van der Waals surface area contributed by atoms with E-state index in [1.807, 2.05) is 0 Å². The Morgan fingerprint density at radius 1 is 1.45 bits per heavy atom. The lowest BCUT2D eigenvalue weighted by molar-refractivity contribution is 0.175. The van der Waals surface area contributed by atoms with Gasteiger partial charge in [-0.15, -0.1) is 0 Å². The summed E-state index contributed by atoms with van der Waals surface area (Å²) in [6.45, 7) is 1.80. The highest BCUT2D eigenvalue weighted by Crippen LogP contribution is 2.15. The normalized spacial score (nSPS) is 11.9. The fraction of sp³-hybridized carbons (Fsp3) is 0.231. The number of rotatable bonds is 4. The molecule has 0 saturated carbocycles. The number of hydrogen-bond acceptors (Lipinski definition) is 4. The third-order valence-corrected chi connectivity index (χ3v) is 2.83. The number of carbonyl (C=O) groups excluding carboxylic acids is 1. The van der Waals surface area contributed by atoms with Gasteiger partial charge in [-0.2, -0.15) is 0 Å². The summed E-state index contributed by atoms with van der Waals surface area (Å²) in [5.41, 5.74) is 0.673. The summed E-state index contributed by atoms with van der Waals surface area (Å²) in [4.78, 5) is 11.6. The minimum Gasteiger partial charge on any atom is -0.387 e. The number of anilines is 1. The Morgan fingerprint density at radius 3 is 2.75 bits per heavy atom. The Bertz CT molecular complexity index is 583. The second-order valence-electron chi connectivity index (χ2n) is 4.23. The van der Waals surface area contributed by atoms with Gasteiger partial charge in [0.1, 0.15) is 5.76 Å². The SMILES string of the molecule is Cc1cc(NC(=O)NCC(O)c2ccc(Cl)cc2)no1. The zero-order valence-electron chi connectivity index (χ0n) is 10.8. The molecule has 2 amide bonds. The van der Waals surface area contributed by atoms with Gasteiger partial charge < -0.3 is 14.9 Å². The minimum absolute atomic E-state index is 0.0737. The maximum absolute atomic E-state index is 11.6. The lowest BCUT2D eigenvalue weighted by Crippen LogP contribution is -2.32. The van der Waals surface area contributed by atoms with E-state index in [-0.39, 0.29) is 6.54 Å². The van der Waals surface area contributed by atoms with Crippen molar-refractivity contribution in [2.45, 2.75) is 13.0 Å². The van der Waals surface area contributed by atoms with Crippen LogP contribution in [0.3, 0.4) is 0 Å². The number of carbonyl (C=O) groups is 1. The molecule has 0 fully saturated rings. The molecule has 0 aliphatic carbocycles. The van der Waals surface area contributed by atoms with E-state index in [0.717, 1.165) is 0 Å². The summed E-state index contributed by atoms with van der Waals surface area (Å²) in [6, 6.07) is 7.89. The molecule has 3 N–H and O–H groups in total. The third kappa shape index (κ3) is 3.97. The molecule has 1 unspecified atom stereocenters. The van der Waals surface area contributed by atoms with Crippen molar-refractivity contribution in [2.24, 2.45) is 0 Å². The molecule has 0 bridgehead atoms. The van der Waals surface area contributed by atoms with Crippen molar-refractivity contribution in [3.05, 3.63) is 46.7 Å². The van der Waals surface area contributed by atoms with Crippen LogP contribution in [0.5, 0.6) is 0 Å².